The Morgan fingerprint density at radius 2 is 1.94 bits per heavy atom. The Hall–Kier alpha value is -1.81. The number of benzene rings is 1. The van der Waals surface area contributed by atoms with Crippen LogP contribution >= 0.6 is 0 Å². The average Bonchev–Trinajstić information content (AvgIpc) is 2.84. The van der Waals surface area contributed by atoms with Gasteiger partial charge in [0.05, 0.1) is 5.69 Å². The van der Waals surface area contributed by atoms with Crippen LogP contribution in [-0.4, -0.2) is 10.1 Å². The Morgan fingerprint density at radius 3 is 2.50 bits per heavy atom. The van der Waals surface area contributed by atoms with Crippen LogP contribution in [-0.2, 0) is 19.6 Å². The highest BCUT2D eigenvalue weighted by Crippen LogP contribution is 2.23. The zero-order chi connectivity index (χ0) is 11.0. The number of nitrogens with zero attached hydrogens (tertiary/aromatic N) is 2. The number of fused-ring (bicyclic) bond motifs is 1. The summed E-state index contributed by atoms with van der Waals surface area (Å²) in [6.45, 7) is 2.74. The molecule has 0 bridgehead atoms. The van der Waals surface area contributed by atoms with Crippen LogP contribution in [0.5, 0.6) is 0 Å². The highest BCUT2D eigenvalue weighted by Gasteiger charge is 2.19. The smallest absolute Gasteiger partial charge is 0.222 e. The molecule has 0 fully saturated rings. The monoisotopic (exact) mass is 215 g/mol. The summed E-state index contributed by atoms with van der Waals surface area (Å²) < 4.78 is 4.85. The molecule has 2 aromatic rings. The molecule has 0 aliphatic carbocycles. The summed E-state index contributed by atoms with van der Waals surface area (Å²) in [5, 5.41) is 3.90. The van der Waals surface area contributed by atoms with E-state index in [4.69, 9.17) is 10.3 Å². The van der Waals surface area contributed by atoms with Crippen molar-refractivity contribution in [2.24, 2.45) is 0 Å². The van der Waals surface area contributed by atoms with Crippen LogP contribution in [0.4, 0.5) is 5.88 Å². The molecule has 1 aliphatic rings. The van der Waals surface area contributed by atoms with Crippen molar-refractivity contribution in [1.29, 1.82) is 0 Å². The van der Waals surface area contributed by atoms with Crippen molar-refractivity contribution in [3.63, 3.8) is 0 Å². The van der Waals surface area contributed by atoms with Gasteiger partial charge in [-0.15, -0.1) is 0 Å². The third-order valence-electron chi connectivity index (χ3n) is 2.87. The van der Waals surface area contributed by atoms with Crippen molar-refractivity contribution in [2.75, 3.05) is 5.73 Å². The number of rotatable bonds is 2. The van der Waals surface area contributed by atoms with Crippen LogP contribution < -0.4 is 5.73 Å². The predicted molar refractivity (Wildman–Crippen MR) is 60.3 cm³/mol. The minimum Gasteiger partial charge on any atom is -0.368 e. The van der Waals surface area contributed by atoms with Gasteiger partial charge in [0.1, 0.15) is 0 Å². The lowest BCUT2D eigenvalue weighted by Gasteiger charge is -2.11. The third-order valence-corrected chi connectivity index (χ3v) is 2.87. The first kappa shape index (κ1) is 9.42. The molecule has 82 valence electrons. The normalized spacial score (nSPS) is 15.2. The van der Waals surface area contributed by atoms with E-state index in [-0.39, 0.29) is 0 Å². The van der Waals surface area contributed by atoms with E-state index in [1.165, 1.54) is 11.1 Å². The Bertz CT molecular complexity index is 481. The molecule has 0 saturated heterocycles. The summed E-state index contributed by atoms with van der Waals surface area (Å²) in [5.41, 5.74) is 9.19. The molecular weight excluding hydrogens is 202 g/mol. The van der Waals surface area contributed by atoms with Gasteiger partial charge in [-0.3, -0.25) is 4.90 Å². The lowest BCUT2D eigenvalue weighted by molar-refractivity contribution is 0.265. The maximum Gasteiger partial charge on any atom is 0.222 e. The van der Waals surface area contributed by atoms with Crippen molar-refractivity contribution in [3.8, 4) is 0 Å². The van der Waals surface area contributed by atoms with Gasteiger partial charge in [0.25, 0.3) is 0 Å². The van der Waals surface area contributed by atoms with Gasteiger partial charge in [0, 0.05) is 25.7 Å². The van der Waals surface area contributed by atoms with Gasteiger partial charge in [-0.2, -0.15) is 0 Å². The fraction of sp³-hybridized carbons (Fsp3) is 0.250. The van der Waals surface area contributed by atoms with Gasteiger partial charge >= 0.3 is 0 Å². The molecule has 1 aromatic carbocycles. The van der Waals surface area contributed by atoms with Gasteiger partial charge in [-0.25, -0.2) is 0 Å². The lowest BCUT2D eigenvalue weighted by atomic mass is 10.1. The molecule has 0 atom stereocenters. The van der Waals surface area contributed by atoms with E-state index in [2.05, 4.69) is 34.3 Å². The summed E-state index contributed by atoms with van der Waals surface area (Å²) >= 11 is 0. The minimum atomic E-state index is 0.381. The van der Waals surface area contributed by atoms with Gasteiger partial charge in [0.2, 0.25) is 5.88 Å². The summed E-state index contributed by atoms with van der Waals surface area (Å²) in [6.07, 6.45) is 0. The minimum absolute atomic E-state index is 0.381. The van der Waals surface area contributed by atoms with Gasteiger partial charge in [-0.05, 0) is 11.1 Å². The number of anilines is 1. The molecule has 2 N–H and O–H groups in total. The molecule has 1 aromatic heterocycles. The van der Waals surface area contributed by atoms with Gasteiger partial charge in [-0.1, -0.05) is 29.4 Å². The van der Waals surface area contributed by atoms with Crippen LogP contribution in [0.25, 0.3) is 0 Å². The molecular formula is C12H13N3O. The molecule has 4 heteroatoms. The number of nitrogens with two attached hydrogens (primary N) is 1. The van der Waals surface area contributed by atoms with E-state index in [1.54, 1.807) is 6.07 Å². The van der Waals surface area contributed by atoms with Gasteiger partial charge < -0.3 is 10.3 Å². The highest BCUT2D eigenvalue weighted by atomic mass is 16.5. The predicted octanol–water partition coefficient (Wildman–Crippen LogP) is 1.77. The molecule has 0 radical (unpaired) electrons. The van der Waals surface area contributed by atoms with Crippen molar-refractivity contribution in [2.45, 2.75) is 19.6 Å². The lowest BCUT2D eigenvalue weighted by Crippen LogP contribution is -2.15. The largest absolute Gasteiger partial charge is 0.368 e. The van der Waals surface area contributed by atoms with E-state index in [9.17, 15) is 0 Å². The topological polar surface area (TPSA) is 55.3 Å². The molecule has 4 nitrogen and oxygen atoms in total. The summed E-state index contributed by atoms with van der Waals surface area (Å²) in [6, 6.07) is 10.3. The fourth-order valence-corrected chi connectivity index (χ4v) is 2.15. The van der Waals surface area contributed by atoms with E-state index in [0.29, 0.717) is 5.88 Å². The second kappa shape index (κ2) is 3.64. The van der Waals surface area contributed by atoms with Crippen LogP contribution in [0.3, 0.4) is 0 Å². The second-order valence-corrected chi connectivity index (χ2v) is 4.13. The second-order valence-electron chi connectivity index (χ2n) is 4.13. The van der Waals surface area contributed by atoms with Crippen molar-refractivity contribution < 1.29 is 4.52 Å². The van der Waals surface area contributed by atoms with E-state index in [0.717, 1.165) is 25.3 Å². The summed E-state index contributed by atoms with van der Waals surface area (Å²) in [4.78, 5) is 2.32. The number of hydrogen-bond donors (Lipinski definition) is 1. The average molecular weight is 215 g/mol. The zero-order valence-corrected chi connectivity index (χ0v) is 8.89. The van der Waals surface area contributed by atoms with Crippen LogP contribution in [0.2, 0.25) is 0 Å². The molecule has 2 heterocycles. The van der Waals surface area contributed by atoms with Crippen LogP contribution in [0.1, 0.15) is 16.8 Å². The highest BCUT2D eigenvalue weighted by molar-refractivity contribution is 5.31. The van der Waals surface area contributed by atoms with E-state index < -0.39 is 0 Å². The molecule has 0 saturated carbocycles. The van der Waals surface area contributed by atoms with E-state index in [1.807, 2.05) is 0 Å². The quantitative estimate of drug-likeness (QED) is 0.829. The first-order chi connectivity index (χ1) is 7.81. The molecule has 1 aliphatic heterocycles. The number of nitrogen functional groups attached to an aromatic ring is 1. The Morgan fingerprint density at radius 1 is 1.25 bits per heavy atom. The molecule has 16 heavy (non-hydrogen) atoms. The number of aromatic nitrogens is 1. The Balaban J connectivity index is 1.72. The van der Waals surface area contributed by atoms with Crippen LogP contribution in [0.15, 0.2) is 34.9 Å². The van der Waals surface area contributed by atoms with Crippen molar-refractivity contribution in [1.82, 2.24) is 10.1 Å². The number of hydrogen-bond acceptors (Lipinski definition) is 4. The van der Waals surface area contributed by atoms with Gasteiger partial charge in [0.15, 0.2) is 0 Å². The molecule has 0 amide bonds. The third kappa shape index (κ3) is 1.67. The van der Waals surface area contributed by atoms with Crippen molar-refractivity contribution in [3.05, 3.63) is 47.2 Å². The first-order valence-electron chi connectivity index (χ1n) is 5.31. The van der Waals surface area contributed by atoms with Crippen molar-refractivity contribution >= 4 is 5.88 Å². The maximum atomic E-state index is 5.49. The summed E-state index contributed by atoms with van der Waals surface area (Å²) in [5.74, 6) is 0.381. The van der Waals surface area contributed by atoms with E-state index >= 15 is 0 Å². The standard InChI is InChI=1S/C12H13N3O/c13-12-5-11(14-16-12)8-15-6-9-3-1-2-4-10(9)7-15/h1-5H,6-8,13H2. The molecule has 0 unspecified atom stereocenters. The first-order valence-corrected chi connectivity index (χ1v) is 5.31. The fourth-order valence-electron chi connectivity index (χ4n) is 2.15. The van der Waals surface area contributed by atoms with Crippen LogP contribution in [0, 0.1) is 0 Å². The SMILES string of the molecule is Nc1cc(CN2Cc3ccccc3C2)no1. The Labute approximate surface area is 93.6 Å². The zero-order valence-electron chi connectivity index (χ0n) is 8.89. The molecule has 3 rings (SSSR count). The summed E-state index contributed by atoms with van der Waals surface area (Å²) in [7, 11) is 0. The maximum absolute atomic E-state index is 5.49. The Kier molecular flexibility index (Phi) is 2.15. The molecule has 0 spiro atoms.